The molecule has 0 aliphatic heterocycles. The second kappa shape index (κ2) is 6.24. The summed E-state index contributed by atoms with van der Waals surface area (Å²) in [6, 6.07) is 7.24. The van der Waals surface area contributed by atoms with Gasteiger partial charge in [0.15, 0.2) is 0 Å². The van der Waals surface area contributed by atoms with E-state index in [1.807, 2.05) is 12.1 Å². The molecule has 0 aliphatic rings. The Kier molecular flexibility index (Phi) is 4.41. The van der Waals surface area contributed by atoms with Crippen LogP contribution in [0, 0.1) is 0 Å². The van der Waals surface area contributed by atoms with Crippen molar-refractivity contribution in [2.75, 3.05) is 20.2 Å². The number of carbonyl (C=O) groups is 1. The minimum Gasteiger partial charge on any atom is -0.490 e. The van der Waals surface area contributed by atoms with Crippen molar-refractivity contribution in [3.8, 4) is 5.75 Å². The molecule has 1 aromatic heterocycles. The number of halogens is 1. The average Bonchev–Trinajstić information content (AvgIpc) is 2.94. The van der Waals surface area contributed by atoms with Gasteiger partial charge in [-0.1, -0.05) is 23.7 Å². The van der Waals surface area contributed by atoms with Crippen molar-refractivity contribution in [3.63, 3.8) is 0 Å². The third-order valence-corrected chi connectivity index (χ3v) is 2.93. The van der Waals surface area contributed by atoms with Crippen molar-refractivity contribution >= 4 is 17.5 Å². The van der Waals surface area contributed by atoms with Crippen LogP contribution in [0.5, 0.6) is 5.75 Å². The molecule has 0 spiro atoms. The number of aromatic amines is 1. The molecule has 6 heteroatoms. The van der Waals surface area contributed by atoms with Crippen LogP contribution in [0.4, 0.5) is 0 Å². The summed E-state index contributed by atoms with van der Waals surface area (Å²) in [5.41, 5.74) is 0.528. The van der Waals surface area contributed by atoms with E-state index in [1.165, 1.54) is 6.20 Å². The predicted molar refractivity (Wildman–Crippen MR) is 72.5 cm³/mol. The number of rotatable bonds is 5. The van der Waals surface area contributed by atoms with E-state index >= 15 is 0 Å². The molecular formula is C13H14ClN3O2. The zero-order valence-corrected chi connectivity index (χ0v) is 11.2. The molecule has 0 saturated heterocycles. The Labute approximate surface area is 116 Å². The number of ether oxygens (including phenoxy) is 1. The van der Waals surface area contributed by atoms with Gasteiger partial charge in [-0.05, 0) is 12.1 Å². The number of hydrogen-bond acceptors (Lipinski definition) is 3. The highest BCUT2D eigenvalue weighted by Crippen LogP contribution is 2.22. The van der Waals surface area contributed by atoms with Crippen molar-refractivity contribution < 1.29 is 9.53 Å². The lowest BCUT2D eigenvalue weighted by atomic mass is 10.3. The molecule has 0 radical (unpaired) electrons. The first kappa shape index (κ1) is 13.4. The standard InChI is InChI=1S/C13H14ClN3O2/c1-17(13(18)10-8-15-16-9-10)6-7-19-12-5-3-2-4-11(12)14/h2-5,8-9H,6-7H2,1H3,(H,15,16). The highest BCUT2D eigenvalue weighted by atomic mass is 35.5. The molecule has 2 rings (SSSR count). The van der Waals surface area contributed by atoms with Gasteiger partial charge in [-0.25, -0.2) is 0 Å². The van der Waals surface area contributed by atoms with Crippen molar-refractivity contribution in [3.05, 3.63) is 47.2 Å². The van der Waals surface area contributed by atoms with Gasteiger partial charge in [0.25, 0.3) is 5.91 Å². The Bertz CT molecular complexity index is 543. The van der Waals surface area contributed by atoms with Gasteiger partial charge in [0.2, 0.25) is 0 Å². The number of aromatic nitrogens is 2. The second-order valence-corrected chi connectivity index (χ2v) is 4.40. The number of H-pyrrole nitrogens is 1. The third-order valence-electron chi connectivity index (χ3n) is 2.61. The smallest absolute Gasteiger partial charge is 0.256 e. The molecule has 19 heavy (non-hydrogen) atoms. The first-order valence-corrected chi connectivity index (χ1v) is 6.18. The number of amides is 1. The van der Waals surface area contributed by atoms with E-state index in [0.717, 1.165) is 0 Å². The monoisotopic (exact) mass is 279 g/mol. The van der Waals surface area contributed by atoms with E-state index in [9.17, 15) is 4.79 Å². The Morgan fingerprint density at radius 2 is 2.26 bits per heavy atom. The van der Waals surface area contributed by atoms with Crippen LogP contribution in [-0.2, 0) is 0 Å². The lowest BCUT2D eigenvalue weighted by molar-refractivity contribution is 0.0774. The van der Waals surface area contributed by atoms with Gasteiger partial charge in [0.1, 0.15) is 12.4 Å². The molecule has 5 nitrogen and oxygen atoms in total. The zero-order chi connectivity index (χ0) is 13.7. The molecule has 1 heterocycles. The number of para-hydroxylation sites is 1. The summed E-state index contributed by atoms with van der Waals surface area (Å²) < 4.78 is 5.53. The number of hydrogen-bond donors (Lipinski definition) is 1. The Balaban J connectivity index is 1.83. The Morgan fingerprint density at radius 1 is 1.47 bits per heavy atom. The summed E-state index contributed by atoms with van der Waals surface area (Å²) in [7, 11) is 1.71. The van der Waals surface area contributed by atoms with E-state index in [1.54, 1.807) is 30.3 Å². The summed E-state index contributed by atoms with van der Waals surface area (Å²) in [5, 5.41) is 6.91. The summed E-state index contributed by atoms with van der Waals surface area (Å²) in [6.07, 6.45) is 3.06. The molecule has 100 valence electrons. The van der Waals surface area contributed by atoms with Crippen LogP contribution < -0.4 is 4.74 Å². The number of nitrogens with one attached hydrogen (secondary N) is 1. The summed E-state index contributed by atoms with van der Waals surface area (Å²) >= 11 is 5.97. The fraction of sp³-hybridized carbons (Fsp3) is 0.231. The van der Waals surface area contributed by atoms with Crippen LogP contribution >= 0.6 is 11.6 Å². The Hall–Kier alpha value is -2.01. The molecule has 0 atom stereocenters. The lowest BCUT2D eigenvalue weighted by Crippen LogP contribution is -2.30. The van der Waals surface area contributed by atoms with E-state index in [0.29, 0.717) is 29.5 Å². The minimum atomic E-state index is -0.100. The van der Waals surface area contributed by atoms with E-state index < -0.39 is 0 Å². The quantitative estimate of drug-likeness (QED) is 0.913. The van der Waals surface area contributed by atoms with Gasteiger partial charge in [-0.15, -0.1) is 0 Å². The third kappa shape index (κ3) is 3.48. The molecule has 0 fully saturated rings. The zero-order valence-electron chi connectivity index (χ0n) is 10.5. The van der Waals surface area contributed by atoms with E-state index in [4.69, 9.17) is 16.3 Å². The topological polar surface area (TPSA) is 58.2 Å². The molecule has 0 unspecified atom stereocenters. The fourth-order valence-corrected chi connectivity index (χ4v) is 1.73. The van der Waals surface area contributed by atoms with E-state index in [-0.39, 0.29) is 5.91 Å². The number of likely N-dealkylation sites (N-methyl/N-ethyl adjacent to an activating group) is 1. The highest BCUT2D eigenvalue weighted by molar-refractivity contribution is 6.32. The highest BCUT2D eigenvalue weighted by Gasteiger charge is 2.12. The summed E-state index contributed by atoms with van der Waals surface area (Å²) in [6.45, 7) is 0.846. The lowest BCUT2D eigenvalue weighted by Gasteiger charge is -2.16. The van der Waals surface area contributed by atoms with Crippen LogP contribution in [-0.4, -0.2) is 41.2 Å². The van der Waals surface area contributed by atoms with Gasteiger partial charge in [-0.3, -0.25) is 9.89 Å². The van der Waals surface area contributed by atoms with Gasteiger partial charge >= 0.3 is 0 Å². The van der Waals surface area contributed by atoms with Gasteiger partial charge in [-0.2, -0.15) is 5.10 Å². The normalized spacial score (nSPS) is 10.2. The van der Waals surface area contributed by atoms with Gasteiger partial charge in [0, 0.05) is 13.2 Å². The second-order valence-electron chi connectivity index (χ2n) is 3.99. The average molecular weight is 280 g/mol. The maximum atomic E-state index is 11.9. The molecular weight excluding hydrogens is 266 g/mol. The summed E-state index contributed by atoms with van der Waals surface area (Å²) in [4.78, 5) is 13.5. The molecule has 1 N–H and O–H groups in total. The van der Waals surface area contributed by atoms with Gasteiger partial charge in [0.05, 0.1) is 23.3 Å². The van der Waals surface area contributed by atoms with Gasteiger partial charge < -0.3 is 9.64 Å². The molecule has 2 aromatic rings. The molecule has 1 aromatic carbocycles. The number of nitrogens with zero attached hydrogens (tertiary/aromatic N) is 2. The number of benzene rings is 1. The fourth-order valence-electron chi connectivity index (χ4n) is 1.54. The first-order chi connectivity index (χ1) is 9.18. The molecule has 0 bridgehead atoms. The van der Waals surface area contributed by atoms with Crippen LogP contribution in [0.25, 0.3) is 0 Å². The van der Waals surface area contributed by atoms with Crippen molar-refractivity contribution in [1.29, 1.82) is 0 Å². The van der Waals surface area contributed by atoms with Crippen molar-refractivity contribution in [1.82, 2.24) is 15.1 Å². The largest absolute Gasteiger partial charge is 0.490 e. The van der Waals surface area contributed by atoms with Crippen LogP contribution in [0.2, 0.25) is 5.02 Å². The maximum absolute atomic E-state index is 11.9. The minimum absolute atomic E-state index is 0.100. The van der Waals surface area contributed by atoms with Crippen molar-refractivity contribution in [2.45, 2.75) is 0 Å². The number of carbonyl (C=O) groups excluding carboxylic acids is 1. The van der Waals surface area contributed by atoms with Crippen LogP contribution in [0.15, 0.2) is 36.7 Å². The maximum Gasteiger partial charge on any atom is 0.256 e. The molecule has 1 amide bonds. The van der Waals surface area contributed by atoms with E-state index in [2.05, 4.69) is 10.2 Å². The SMILES string of the molecule is CN(CCOc1ccccc1Cl)C(=O)c1cn[nH]c1. The Morgan fingerprint density at radius 3 is 2.95 bits per heavy atom. The van der Waals surface area contributed by atoms with Crippen LogP contribution in [0.3, 0.4) is 0 Å². The van der Waals surface area contributed by atoms with Crippen molar-refractivity contribution in [2.24, 2.45) is 0 Å². The first-order valence-electron chi connectivity index (χ1n) is 5.80. The predicted octanol–water partition coefficient (Wildman–Crippen LogP) is 2.21. The molecule has 0 saturated carbocycles. The molecule has 0 aliphatic carbocycles. The van der Waals surface area contributed by atoms with Crippen LogP contribution in [0.1, 0.15) is 10.4 Å². The summed E-state index contributed by atoms with van der Waals surface area (Å²) in [5.74, 6) is 0.518.